The Bertz CT molecular complexity index is 703. The van der Waals surface area contributed by atoms with E-state index in [4.69, 9.17) is 4.74 Å². The Kier molecular flexibility index (Phi) is 4.99. The number of benzene rings is 2. The number of para-hydroxylation sites is 1. The van der Waals surface area contributed by atoms with Gasteiger partial charge in [-0.3, -0.25) is 0 Å². The monoisotopic (exact) mass is 343 g/mol. The van der Waals surface area contributed by atoms with Crippen molar-refractivity contribution in [2.24, 2.45) is 0 Å². The summed E-state index contributed by atoms with van der Waals surface area (Å²) < 4.78 is 7.56. The lowest BCUT2D eigenvalue weighted by Gasteiger charge is -2.37. The third-order valence-corrected chi connectivity index (χ3v) is 8.46. The number of phenolic OH excluding ortho intramolecular Hbond substituents is 1. The lowest BCUT2D eigenvalue weighted by Crippen LogP contribution is -2.56. The standard InChI is InChI=1S/C20H29NO2Si/c1-20(2,3)17-9-8-10-18(19(17)22)24(6,7)21(4)15-11-13-16(23-5)14-12-15/h8-14,22H,1-7H3. The van der Waals surface area contributed by atoms with Crippen molar-refractivity contribution in [2.45, 2.75) is 39.3 Å². The maximum Gasteiger partial charge on any atom is 0.185 e. The number of phenols is 1. The minimum absolute atomic E-state index is 0.0801. The lowest BCUT2D eigenvalue weighted by molar-refractivity contribution is 0.415. The van der Waals surface area contributed by atoms with E-state index in [-0.39, 0.29) is 5.41 Å². The van der Waals surface area contributed by atoms with Crippen LogP contribution in [0.4, 0.5) is 5.69 Å². The van der Waals surface area contributed by atoms with E-state index in [1.54, 1.807) is 7.11 Å². The number of anilines is 1. The van der Waals surface area contributed by atoms with Gasteiger partial charge in [0.25, 0.3) is 0 Å². The Hall–Kier alpha value is -1.94. The van der Waals surface area contributed by atoms with E-state index in [1.165, 1.54) is 0 Å². The number of rotatable bonds is 4. The van der Waals surface area contributed by atoms with Crippen LogP contribution in [0.25, 0.3) is 0 Å². The maximum atomic E-state index is 10.9. The predicted molar refractivity (Wildman–Crippen MR) is 105 cm³/mol. The molecule has 0 aliphatic carbocycles. The Morgan fingerprint density at radius 2 is 1.58 bits per heavy atom. The van der Waals surface area contributed by atoms with Gasteiger partial charge in [-0.25, -0.2) is 0 Å². The SMILES string of the molecule is COc1ccc(N(C)[Si](C)(C)c2cccc(C(C)(C)C)c2O)cc1. The van der Waals surface area contributed by atoms with Gasteiger partial charge < -0.3 is 14.4 Å². The molecule has 24 heavy (non-hydrogen) atoms. The molecule has 0 spiro atoms. The highest BCUT2D eigenvalue weighted by atomic mass is 28.3. The van der Waals surface area contributed by atoms with Crippen LogP contribution in [0.5, 0.6) is 11.5 Å². The van der Waals surface area contributed by atoms with Crippen LogP contribution in [0.15, 0.2) is 42.5 Å². The van der Waals surface area contributed by atoms with Gasteiger partial charge in [0.05, 0.1) is 7.11 Å². The van der Waals surface area contributed by atoms with Gasteiger partial charge in [-0.1, -0.05) is 39.0 Å². The Morgan fingerprint density at radius 3 is 2.08 bits per heavy atom. The van der Waals surface area contributed by atoms with E-state index in [1.807, 2.05) is 18.2 Å². The molecule has 130 valence electrons. The molecule has 0 atom stereocenters. The van der Waals surface area contributed by atoms with Crippen LogP contribution in [-0.2, 0) is 5.41 Å². The predicted octanol–water partition coefficient (Wildman–Crippen LogP) is 4.25. The number of methoxy groups -OCH3 is 1. The summed E-state index contributed by atoms with van der Waals surface area (Å²) in [5.41, 5.74) is 2.06. The molecule has 0 aliphatic rings. The van der Waals surface area contributed by atoms with E-state index in [9.17, 15) is 5.11 Å². The topological polar surface area (TPSA) is 32.7 Å². The number of hydrogen-bond acceptors (Lipinski definition) is 3. The van der Waals surface area contributed by atoms with Gasteiger partial charge in [-0.05, 0) is 55.4 Å². The molecule has 2 rings (SSSR count). The van der Waals surface area contributed by atoms with E-state index in [2.05, 4.69) is 69.7 Å². The normalized spacial score (nSPS) is 12.1. The Morgan fingerprint density at radius 1 is 1.00 bits per heavy atom. The smallest absolute Gasteiger partial charge is 0.185 e. The first-order valence-corrected chi connectivity index (χ1v) is 11.2. The molecule has 3 nitrogen and oxygen atoms in total. The van der Waals surface area contributed by atoms with Crippen molar-refractivity contribution >= 4 is 19.1 Å². The highest BCUT2D eigenvalue weighted by Gasteiger charge is 2.34. The molecule has 2 aromatic rings. The summed E-state index contributed by atoms with van der Waals surface area (Å²) in [7, 11) is 1.72. The first-order valence-electron chi connectivity index (χ1n) is 8.30. The molecule has 1 N–H and O–H groups in total. The molecule has 0 saturated heterocycles. The number of nitrogens with zero attached hydrogens (tertiary/aromatic N) is 1. The molecular formula is C20H29NO2Si. The van der Waals surface area contributed by atoms with E-state index < -0.39 is 8.24 Å². The van der Waals surface area contributed by atoms with E-state index >= 15 is 0 Å². The van der Waals surface area contributed by atoms with Gasteiger partial charge in [0.15, 0.2) is 8.24 Å². The average molecular weight is 344 g/mol. The zero-order chi connectivity index (χ0) is 18.1. The molecule has 0 saturated carbocycles. The second-order valence-corrected chi connectivity index (χ2v) is 12.1. The zero-order valence-corrected chi connectivity index (χ0v) is 16.8. The molecule has 0 aliphatic heterocycles. The minimum Gasteiger partial charge on any atom is -0.508 e. The second-order valence-electron chi connectivity index (χ2n) is 7.77. The van der Waals surface area contributed by atoms with Crippen LogP contribution in [0, 0.1) is 0 Å². The molecule has 0 bridgehead atoms. The van der Waals surface area contributed by atoms with E-state index in [0.717, 1.165) is 22.2 Å². The molecule has 2 aromatic carbocycles. The summed E-state index contributed by atoms with van der Waals surface area (Å²) in [4.78, 5) is 0. The van der Waals surface area contributed by atoms with Crippen LogP contribution in [0.3, 0.4) is 0 Å². The van der Waals surface area contributed by atoms with Gasteiger partial charge in [-0.15, -0.1) is 0 Å². The molecule has 4 heteroatoms. The third kappa shape index (κ3) is 3.43. The highest BCUT2D eigenvalue weighted by molar-refractivity contribution is 6.93. The second kappa shape index (κ2) is 6.52. The maximum absolute atomic E-state index is 10.9. The van der Waals surface area contributed by atoms with Crippen molar-refractivity contribution in [2.75, 3.05) is 18.7 Å². The van der Waals surface area contributed by atoms with Crippen LogP contribution < -0.4 is 14.5 Å². The fourth-order valence-electron chi connectivity index (χ4n) is 2.95. The third-order valence-electron chi connectivity index (χ3n) is 4.80. The molecular weight excluding hydrogens is 314 g/mol. The summed E-state index contributed by atoms with van der Waals surface area (Å²) in [5, 5.41) is 12.0. The molecule has 0 amide bonds. The fourth-order valence-corrected chi connectivity index (χ4v) is 5.33. The number of ether oxygens (including phenoxy) is 1. The first kappa shape index (κ1) is 18.4. The van der Waals surface area contributed by atoms with E-state index in [0.29, 0.717) is 5.75 Å². The molecule has 0 radical (unpaired) electrons. The van der Waals surface area contributed by atoms with Crippen molar-refractivity contribution < 1.29 is 9.84 Å². The van der Waals surface area contributed by atoms with Crippen molar-refractivity contribution in [1.82, 2.24) is 0 Å². The van der Waals surface area contributed by atoms with Crippen molar-refractivity contribution in [3.8, 4) is 11.5 Å². The van der Waals surface area contributed by atoms with Crippen LogP contribution >= 0.6 is 0 Å². The van der Waals surface area contributed by atoms with Crippen LogP contribution in [0.1, 0.15) is 26.3 Å². The zero-order valence-electron chi connectivity index (χ0n) is 15.8. The van der Waals surface area contributed by atoms with Gasteiger partial charge in [0.2, 0.25) is 0 Å². The van der Waals surface area contributed by atoms with Crippen LogP contribution in [0.2, 0.25) is 13.1 Å². The summed E-state index contributed by atoms with van der Waals surface area (Å²) in [5.74, 6) is 1.30. The highest BCUT2D eigenvalue weighted by Crippen LogP contribution is 2.32. The first-order chi connectivity index (χ1) is 11.1. The van der Waals surface area contributed by atoms with Crippen molar-refractivity contribution in [3.05, 3.63) is 48.0 Å². The average Bonchev–Trinajstić information content (AvgIpc) is 2.53. The van der Waals surface area contributed by atoms with Crippen molar-refractivity contribution in [3.63, 3.8) is 0 Å². The van der Waals surface area contributed by atoms with Gasteiger partial charge in [0.1, 0.15) is 11.5 Å². The number of aromatic hydroxyl groups is 1. The van der Waals surface area contributed by atoms with Gasteiger partial charge in [0, 0.05) is 10.9 Å². The fraction of sp³-hybridized carbons (Fsp3) is 0.400. The Labute approximate surface area is 147 Å². The van der Waals surface area contributed by atoms with Crippen LogP contribution in [-0.4, -0.2) is 27.5 Å². The van der Waals surface area contributed by atoms with Gasteiger partial charge in [-0.2, -0.15) is 0 Å². The summed E-state index contributed by atoms with van der Waals surface area (Å²) >= 11 is 0. The van der Waals surface area contributed by atoms with Gasteiger partial charge >= 0.3 is 0 Å². The minimum atomic E-state index is -2.06. The summed E-state index contributed by atoms with van der Waals surface area (Å²) in [6.45, 7) is 10.9. The quantitative estimate of drug-likeness (QED) is 0.843. The molecule has 0 heterocycles. The summed E-state index contributed by atoms with van der Waals surface area (Å²) in [6.07, 6.45) is 0. The summed E-state index contributed by atoms with van der Waals surface area (Å²) in [6, 6.07) is 14.2. The molecule has 0 unspecified atom stereocenters. The molecule has 0 aromatic heterocycles. The lowest BCUT2D eigenvalue weighted by atomic mass is 9.86. The number of hydrogen-bond donors (Lipinski definition) is 1. The largest absolute Gasteiger partial charge is 0.508 e. The molecule has 0 fully saturated rings. The Balaban J connectivity index is 2.45. The van der Waals surface area contributed by atoms with Crippen molar-refractivity contribution in [1.29, 1.82) is 0 Å².